The van der Waals surface area contributed by atoms with E-state index in [1.54, 1.807) is 30.5 Å². The molecule has 34 heavy (non-hydrogen) atoms. The van der Waals surface area contributed by atoms with E-state index >= 15 is 0 Å². The van der Waals surface area contributed by atoms with Crippen LogP contribution in [0.5, 0.6) is 0 Å². The van der Waals surface area contributed by atoms with Gasteiger partial charge in [0, 0.05) is 23.7 Å². The molecule has 1 aromatic carbocycles. The van der Waals surface area contributed by atoms with Crippen molar-refractivity contribution in [2.45, 2.75) is 58.8 Å². The van der Waals surface area contributed by atoms with Crippen molar-refractivity contribution >= 4 is 28.3 Å². The Morgan fingerprint density at radius 2 is 1.74 bits per heavy atom. The highest BCUT2D eigenvalue weighted by Gasteiger charge is 2.34. The number of benzene rings is 1. The number of aromatic nitrogens is 4. The van der Waals surface area contributed by atoms with Gasteiger partial charge in [0.05, 0.1) is 17.3 Å². The van der Waals surface area contributed by atoms with Crippen LogP contribution in [0.2, 0.25) is 0 Å². The van der Waals surface area contributed by atoms with Gasteiger partial charge in [0.2, 0.25) is 0 Å². The first-order valence-electron chi connectivity index (χ1n) is 10.4. The molecule has 0 aliphatic heterocycles. The number of hydrogen-bond donors (Lipinski definition) is 3. The van der Waals surface area contributed by atoms with Gasteiger partial charge in [0.1, 0.15) is 11.5 Å². The monoisotopic (exact) mass is 474 g/mol. The number of rotatable bonds is 4. The molecule has 0 spiro atoms. The smallest absolute Gasteiger partial charge is 0.368 e. The second-order valence-corrected chi connectivity index (χ2v) is 8.07. The zero-order valence-corrected chi connectivity index (χ0v) is 17.0. The van der Waals surface area contributed by atoms with Crippen molar-refractivity contribution in [1.82, 2.24) is 24.9 Å². The number of pyridine rings is 1. The molecule has 0 unspecified atom stereocenters. The maximum atomic E-state index is 13.0. The van der Waals surface area contributed by atoms with Crippen LogP contribution in [0.3, 0.4) is 0 Å². The Kier molecular flexibility index (Phi) is 7.18. The van der Waals surface area contributed by atoms with Gasteiger partial charge < -0.3 is 10.6 Å². The van der Waals surface area contributed by atoms with Gasteiger partial charge in [0.15, 0.2) is 5.69 Å². The molecule has 0 bridgehead atoms. The van der Waals surface area contributed by atoms with Crippen LogP contribution in [0.4, 0.5) is 19.0 Å². The number of hydrogen-bond acceptors (Lipinski definition) is 4. The molecule has 1 fully saturated rings. The van der Waals surface area contributed by atoms with E-state index in [-0.39, 0.29) is 38.5 Å². The van der Waals surface area contributed by atoms with E-state index in [0.717, 1.165) is 42.8 Å². The van der Waals surface area contributed by atoms with Crippen LogP contribution in [-0.4, -0.2) is 37.6 Å². The Morgan fingerprint density at radius 3 is 2.47 bits per heavy atom. The molecule has 0 saturated heterocycles. The summed E-state index contributed by atoms with van der Waals surface area (Å²) in [7, 11) is 0. The topological polar surface area (TPSA) is 87.1 Å². The lowest BCUT2D eigenvalue weighted by Crippen LogP contribution is -2.40. The Hall–Kier alpha value is -3.56. The first-order valence-corrected chi connectivity index (χ1v) is 10.4. The van der Waals surface area contributed by atoms with Crippen molar-refractivity contribution in [2.75, 3.05) is 5.32 Å². The molecule has 4 aromatic rings. The lowest BCUT2D eigenvalue weighted by molar-refractivity contribution is -0.140. The maximum absolute atomic E-state index is 13.0. The Balaban J connectivity index is 0.00000162. The number of carbonyl (C=O) groups is 1. The molecule has 0 radical (unpaired) electrons. The molecule has 1 aliphatic carbocycles. The molecule has 7 nitrogen and oxygen atoms in total. The highest BCUT2D eigenvalue weighted by molar-refractivity contribution is 6.06. The van der Waals surface area contributed by atoms with E-state index < -0.39 is 11.9 Å². The van der Waals surface area contributed by atoms with Crippen LogP contribution in [0, 0.1) is 0 Å². The van der Waals surface area contributed by atoms with Gasteiger partial charge in [-0.25, -0.2) is 4.98 Å². The second-order valence-electron chi connectivity index (χ2n) is 8.07. The minimum absolute atomic E-state index is 0. The van der Waals surface area contributed by atoms with Crippen molar-refractivity contribution < 1.29 is 18.0 Å². The standard InChI is InChI=1S/C22H21F3N6O.2CH4/c23-22(24,25)18-12-31-19(5-2-6-20(31)29-18)27-13-7-9-14(10-8-13)28-21(32)15-3-1-4-17-16(15)11-26-30-17;;/h1-6,11-14,27H,7-10H2,(H,26,30)(H,28,32);2*1H4. The number of carbonyl (C=O) groups excluding carboxylic acids is 1. The molecule has 1 aliphatic rings. The van der Waals surface area contributed by atoms with Gasteiger partial charge in [-0.3, -0.25) is 14.3 Å². The highest BCUT2D eigenvalue weighted by Crippen LogP contribution is 2.30. The third-order valence-electron chi connectivity index (χ3n) is 5.93. The van der Waals surface area contributed by atoms with Crippen molar-refractivity contribution in [3.8, 4) is 0 Å². The fraction of sp³-hybridized carbons (Fsp3) is 0.375. The zero-order chi connectivity index (χ0) is 22.3. The maximum Gasteiger partial charge on any atom is 0.434 e. The van der Waals surface area contributed by atoms with Gasteiger partial charge in [-0.2, -0.15) is 18.3 Å². The van der Waals surface area contributed by atoms with E-state index in [0.29, 0.717) is 11.4 Å². The number of alkyl halides is 3. The molecule has 3 aromatic heterocycles. The number of nitrogens with zero attached hydrogens (tertiary/aromatic N) is 3. The highest BCUT2D eigenvalue weighted by atomic mass is 19.4. The molecule has 1 amide bonds. The number of anilines is 1. The summed E-state index contributed by atoms with van der Waals surface area (Å²) in [6.07, 6.45) is 1.30. The van der Waals surface area contributed by atoms with Crippen molar-refractivity contribution in [2.24, 2.45) is 0 Å². The average molecular weight is 475 g/mol. The largest absolute Gasteiger partial charge is 0.434 e. The molecule has 182 valence electrons. The summed E-state index contributed by atoms with van der Waals surface area (Å²) in [6, 6.07) is 10.6. The number of imidazole rings is 1. The number of aromatic amines is 1. The van der Waals surface area contributed by atoms with E-state index in [4.69, 9.17) is 0 Å². The lowest BCUT2D eigenvalue weighted by atomic mass is 9.91. The molecule has 3 heterocycles. The third kappa shape index (κ3) is 4.85. The Labute approximate surface area is 195 Å². The van der Waals surface area contributed by atoms with E-state index in [1.807, 2.05) is 12.1 Å². The molecule has 5 rings (SSSR count). The fourth-order valence-electron chi connectivity index (χ4n) is 4.29. The molecule has 10 heteroatoms. The zero-order valence-electron chi connectivity index (χ0n) is 17.0. The summed E-state index contributed by atoms with van der Waals surface area (Å²) in [5, 5.41) is 14.1. The lowest BCUT2D eigenvalue weighted by Gasteiger charge is -2.30. The Bertz CT molecular complexity index is 1270. The van der Waals surface area contributed by atoms with E-state index in [1.165, 1.54) is 4.40 Å². The first-order chi connectivity index (χ1) is 15.4. The van der Waals surface area contributed by atoms with E-state index in [2.05, 4.69) is 25.8 Å². The van der Waals surface area contributed by atoms with Crippen LogP contribution in [-0.2, 0) is 6.18 Å². The SMILES string of the molecule is C.C.O=C(NC1CCC(Nc2cccc3nc(C(F)(F)F)cn23)CC1)c1cccc2[nH]ncc12. The van der Waals surface area contributed by atoms with Crippen molar-refractivity contribution in [1.29, 1.82) is 0 Å². The van der Waals surface area contributed by atoms with Gasteiger partial charge in [-0.15, -0.1) is 0 Å². The average Bonchev–Trinajstić information content (AvgIpc) is 3.42. The normalized spacial score (nSPS) is 18.2. The van der Waals surface area contributed by atoms with Gasteiger partial charge in [0.25, 0.3) is 5.91 Å². The van der Waals surface area contributed by atoms with Gasteiger partial charge in [-0.05, 0) is 49.9 Å². The summed E-state index contributed by atoms with van der Waals surface area (Å²) in [6.45, 7) is 0. The summed E-state index contributed by atoms with van der Waals surface area (Å²) in [4.78, 5) is 16.4. The van der Waals surface area contributed by atoms with Crippen LogP contribution in [0.25, 0.3) is 16.6 Å². The van der Waals surface area contributed by atoms with Gasteiger partial charge >= 0.3 is 6.18 Å². The van der Waals surface area contributed by atoms with Crippen LogP contribution in [0.1, 0.15) is 56.6 Å². The van der Waals surface area contributed by atoms with Crippen LogP contribution < -0.4 is 10.6 Å². The Morgan fingerprint density at radius 1 is 1.03 bits per heavy atom. The minimum atomic E-state index is -4.49. The van der Waals surface area contributed by atoms with Crippen molar-refractivity contribution in [3.63, 3.8) is 0 Å². The van der Waals surface area contributed by atoms with E-state index in [9.17, 15) is 18.0 Å². The number of fused-ring (bicyclic) bond motifs is 2. The number of H-pyrrole nitrogens is 1. The minimum Gasteiger partial charge on any atom is -0.368 e. The molecule has 1 saturated carbocycles. The van der Waals surface area contributed by atoms with Crippen LogP contribution in [0.15, 0.2) is 48.8 Å². The molecule has 3 N–H and O–H groups in total. The number of halogens is 3. The number of amides is 1. The van der Waals surface area contributed by atoms with Crippen LogP contribution >= 0.6 is 0 Å². The number of nitrogens with one attached hydrogen (secondary N) is 3. The summed E-state index contributed by atoms with van der Waals surface area (Å²) >= 11 is 0. The third-order valence-corrected chi connectivity index (χ3v) is 5.93. The summed E-state index contributed by atoms with van der Waals surface area (Å²) < 4.78 is 40.5. The molecule has 0 atom stereocenters. The predicted octanol–water partition coefficient (Wildman–Crippen LogP) is 5.65. The molecular formula is C24H29F3N6O. The summed E-state index contributed by atoms with van der Waals surface area (Å²) in [5.41, 5.74) is 0.735. The summed E-state index contributed by atoms with van der Waals surface area (Å²) in [5.74, 6) is 0.445. The molecular weight excluding hydrogens is 445 g/mol. The second kappa shape index (κ2) is 9.74. The fourth-order valence-corrected chi connectivity index (χ4v) is 4.29. The first kappa shape index (κ1) is 25.1. The predicted molar refractivity (Wildman–Crippen MR) is 127 cm³/mol. The quantitative estimate of drug-likeness (QED) is 0.356. The van der Waals surface area contributed by atoms with Crippen molar-refractivity contribution in [3.05, 3.63) is 60.0 Å². The van der Waals surface area contributed by atoms with Gasteiger partial charge in [-0.1, -0.05) is 27.0 Å².